The lowest BCUT2D eigenvalue weighted by atomic mass is 9.92. The van der Waals surface area contributed by atoms with Gasteiger partial charge >= 0.3 is 35.8 Å². The maximum atomic E-state index is 14.1. The van der Waals surface area contributed by atoms with Crippen molar-refractivity contribution in [2.45, 2.75) is 42.2 Å². The average molecular weight is 581 g/mol. The van der Waals surface area contributed by atoms with Crippen LogP contribution >= 0.6 is 0 Å². The number of nitrogens with zero attached hydrogens (tertiary/aromatic N) is 1. The molecule has 0 unspecified atom stereocenters. The molecule has 0 heterocycles. The predicted octanol–water partition coefficient (Wildman–Crippen LogP) is 4.27. The number of hydrogen-bond acceptors (Lipinski definition) is 5. The number of ether oxygens (including phenoxy) is 4. The summed E-state index contributed by atoms with van der Waals surface area (Å²) in [6, 6.07) is 0. The van der Waals surface area contributed by atoms with E-state index in [1.807, 2.05) is 0 Å². The molecule has 0 aliphatic heterocycles. The van der Waals surface area contributed by atoms with E-state index in [4.69, 9.17) is 9.47 Å². The first-order valence-corrected chi connectivity index (χ1v) is 10.0. The Hall–Kier alpha value is -1.60. The summed E-state index contributed by atoms with van der Waals surface area (Å²) >= 11 is 0. The third-order valence-electron chi connectivity index (χ3n) is 4.60. The largest absolute Gasteiger partial charge is 0.460 e. The van der Waals surface area contributed by atoms with Gasteiger partial charge in [0.25, 0.3) is 0 Å². The summed E-state index contributed by atoms with van der Waals surface area (Å²) in [5.74, 6) is -39.9. The molecule has 0 N–H and O–H groups in total. The van der Waals surface area contributed by atoms with E-state index >= 15 is 0 Å². The molecule has 0 aliphatic carbocycles. The summed E-state index contributed by atoms with van der Waals surface area (Å²) in [7, 11) is 2.56. The fraction of sp³-hybridized carbons (Fsp3) is 0.944. The van der Waals surface area contributed by atoms with Gasteiger partial charge in [0.1, 0.15) is 0 Å². The molecule has 0 fully saturated rings. The molecule has 0 aromatic rings. The summed E-state index contributed by atoms with van der Waals surface area (Å²) in [4.78, 5) is 12.5. The number of carbonyl (C=O) groups is 1. The van der Waals surface area contributed by atoms with E-state index in [-0.39, 0.29) is 26.4 Å². The molecule has 0 saturated heterocycles. The second-order valence-electron chi connectivity index (χ2n) is 7.27. The lowest BCUT2D eigenvalue weighted by Crippen LogP contribution is -2.70. The van der Waals surface area contributed by atoms with Crippen LogP contribution in [0.25, 0.3) is 0 Å². The summed E-state index contributed by atoms with van der Waals surface area (Å²) in [5, 5.41) is 0. The third-order valence-corrected chi connectivity index (χ3v) is 4.60. The van der Waals surface area contributed by atoms with E-state index in [0.717, 1.165) is 0 Å². The molecule has 6 nitrogen and oxygen atoms in total. The molecule has 19 heteroatoms. The van der Waals surface area contributed by atoms with E-state index in [0.29, 0.717) is 4.90 Å². The number of carbonyl (C=O) groups excluding carboxylic acids is 1. The van der Waals surface area contributed by atoms with Crippen molar-refractivity contribution in [3.63, 3.8) is 0 Å². The first kappa shape index (κ1) is 35.4. The van der Waals surface area contributed by atoms with Crippen molar-refractivity contribution < 1.29 is 80.8 Å². The molecule has 0 atom stereocenters. The zero-order valence-corrected chi connectivity index (χ0v) is 19.3. The van der Waals surface area contributed by atoms with Crippen LogP contribution in [0.15, 0.2) is 0 Å². The normalized spacial score (nSPS) is 14.2. The van der Waals surface area contributed by atoms with Crippen molar-refractivity contribution in [1.29, 1.82) is 0 Å². The highest BCUT2D eigenvalue weighted by atomic mass is 19.4. The Morgan fingerprint density at radius 2 is 0.946 bits per heavy atom. The summed E-state index contributed by atoms with van der Waals surface area (Å²) in [6.07, 6.45) is -10.5. The molecule has 0 radical (unpaired) electrons. The summed E-state index contributed by atoms with van der Waals surface area (Å²) in [5.41, 5.74) is 0. The number of hydrogen-bond donors (Lipinski definition) is 0. The predicted molar refractivity (Wildman–Crippen MR) is 97.4 cm³/mol. The van der Waals surface area contributed by atoms with E-state index in [2.05, 4.69) is 9.47 Å². The van der Waals surface area contributed by atoms with Gasteiger partial charge in [-0.05, 0) is 0 Å². The minimum Gasteiger partial charge on any atom is -0.382 e. The molecule has 0 aromatic heterocycles. The van der Waals surface area contributed by atoms with Gasteiger partial charge in [-0.25, -0.2) is 0 Å². The molecule has 0 aromatic carbocycles. The maximum Gasteiger partial charge on any atom is 0.460 e. The molecule has 0 bridgehead atoms. The van der Waals surface area contributed by atoms with Gasteiger partial charge in [0.2, 0.25) is 5.91 Å². The highest BCUT2D eigenvalue weighted by Crippen LogP contribution is 2.60. The second kappa shape index (κ2) is 13.5. The third kappa shape index (κ3) is 8.19. The van der Waals surface area contributed by atoms with Crippen molar-refractivity contribution >= 4 is 5.91 Å². The molecule has 0 saturated carbocycles. The highest BCUT2D eigenvalue weighted by molar-refractivity contribution is 5.77. The molecule has 222 valence electrons. The van der Waals surface area contributed by atoms with E-state index in [1.165, 1.54) is 14.2 Å². The number of amides is 1. The summed E-state index contributed by atoms with van der Waals surface area (Å²) < 4.78 is 191. The van der Waals surface area contributed by atoms with Gasteiger partial charge in [0, 0.05) is 27.3 Å². The first-order valence-electron chi connectivity index (χ1n) is 10.0. The van der Waals surface area contributed by atoms with Gasteiger partial charge in [0.15, 0.2) is 0 Å². The fourth-order valence-corrected chi connectivity index (χ4v) is 2.41. The Balaban J connectivity index is 5.81. The van der Waals surface area contributed by atoms with E-state index in [9.17, 15) is 61.9 Å². The Bertz CT molecular complexity index is 690. The van der Waals surface area contributed by atoms with Crippen molar-refractivity contribution in [1.82, 2.24) is 4.90 Å². The van der Waals surface area contributed by atoms with E-state index in [1.54, 1.807) is 0 Å². The van der Waals surface area contributed by atoms with Gasteiger partial charge in [-0.2, -0.15) is 57.1 Å². The molecule has 0 rings (SSSR count). The van der Waals surface area contributed by atoms with Crippen LogP contribution in [0.1, 0.15) is 6.42 Å². The van der Waals surface area contributed by atoms with Gasteiger partial charge in [-0.1, -0.05) is 0 Å². The molecule has 37 heavy (non-hydrogen) atoms. The van der Waals surface area contributed by atoms with Crippen LogP contribution in [-0.4, -0.2) is 114 Å². The van der Waals surface area contributed by atoms with Gasteiger partial charge < -0.3 is 23.8 Å². The van der Waals surface area contributed by atoms with E-state index < -0.39 is 74.4 Å². The SMILES string of the molecule is COCCOCCN(CCOCCOC)C(=O)CC(F)(F)C(F)(F)C(F)(F)C(F)(F)C(F)(F)C(F)(F)F. The van der Waals surface area contributed by atoms with Crippen molar-refractivity contribution in [3.05, 3.63) is 0 Å². The lowest BCUT2D eigenvalue weighted by Gasteiger charge is -2.39. The first-order chi connectivity index (χ1) is 16.7. The van der Waals surface area contributed by atoms with Crippen molar-refractivity contribution in [2.75, 3.05) is 67.0 Å². The van der Waals surface area contributed by atoms with Gasteiger partial charge in [0.05, 0.1) is 46.1 Å². The van der Waals surface area contributed by atoms with Crippen LogP contribution in [0.3, 0.4) is 0 Å². The number of halogens is 13. The standard InChI is InChI=1S/C18H24F13NO5/c1-34-7-9-36-5-3-32(4-6-37-10-8-35-2)12(33)11-13(19,20)14(21,22)15(23,24)16(25,26)17(27,28)18(29,30)31/h3-11H2,1-2H3. The highest BCUT2D eigenvalue weighted by Gasteiger charge is 2.90. The van der Waals surface area contributed by atoms with Gasteiger partial charge in [-0.3, -0.25) is 4.79 Å². The zero-order chi connectivity index (χ0) is 29.3. The number of methoxy groups -OCH3 is 2. The molecular formula is C18H24F13NO5. The monoisotopic (exact) mass is 581 g/mol. The summed E-state index contributed by atoms with van der Waals surface area (Å²) in [6.45, 7) is -2.29. The Labute approximate surface area is 201 Å². The van der Waals surface area contributed by atoms with Crippen LogP contribution in [0.2, 0.25) is 0 Å². The van der Waals surface area contributed by atoms with Crippen LogP contribution < -0.4 is 0 Å². The van der Waals surface area contributed by atoms with Gasteiger partial charge in [-0.15, -0.1) is 0 Å². The lowest BCUT2D eigenvalue weighted by molar-refractivity contribution is -0.439. The molecule has 0 aliphatic rings. The molecular weight excluding hydrogens is 557 g/mol. The molecule has 0 spiro atoms. The maximum absolute atomic E-state index is 14.1. The van der Waals surface area contributed by atoms with Crippen LogP contribution in [0.5, 0.6) is 0 Å². The van der Waals surface area contributed by atoms with Crippen molar-refractivity contribution in [2.24, 2.45) is 0 Å². The Morgan fingerprint density at radius 3 is 1.30 bits per heavy atom. The minimum atomic E-state index is -8.03. The van der Waals surface area contributed by atoms with Crippen LogP contribution in [0, 0.1) is 0 Å². The van der Waals surface area contributed by atoms with Crippen LogP contribution in [-0.2, 0) is 23.7 Å². The zero-order valence-electron chi connectivity index (χ0n) is 19.3. The minimum absolute atomic E-state index is 0.0320. The number of rotatable bonds is 18. The quantitative estimate of drug-likeness (QED) is 0.179. The Morgan fingerprint density at radius 1 is 0.568 bits per heavy atom. The topological polar surface area (TPSA) is 57.2 Å². The number of alkyl halides is 13. The molecule has 1 amide bonds. The smallest absolute Gasteiger partial charge is 0.382 e. The fourth-order valence-electron chi connectivity index (χ4n) is 2.41. The van der Waals surface area contributed by atoms with Crippen LogP contribution in [0.4, 0.5) is 57.1 Å². The Kier molecular flexibility index (Phi) is 12.9. The van der Waals surface area contributed by atoms with Crippen molar-refractivity contribution in [3.8, 4) is 0 Å². The second-order valence-corrected chi connectivity index (χ2v) is 7.27. The average Bonchev–Trinajstić information content (AvgIpc) is 2.75.